The van der Waals surface area contributed by atoms with E-state index in [0.717, 1.165) is 24.3 Å². The fourth-order valence-electron chi connectivity index (χ4n) is 2.20. The summed E-state index contributed by atoms with van der Waals surface area (Å²) in [7, 11) is 1.84. The summed E-state index contributed by atoms with van der Waals surface area (Å²) in [5.41, 5.74) is 7.56. The van der Waals surface area contributed by atoms with E-state index in [2.05, 4.69) is 15.2 Å². The molecular formula is C12H20ClN5O. The molecule has 3 N–H and O–H groups in total. The normalized spacial score (nSPS) is 16.3. The minimum absolute atomic E-state index is 0.264. The Balaban J connectivity index is 2.04. The van der Waals surface area contributed by atoms with Gasteiger partial charge in [-0.25, -0.2) is 0 Å². The summed E-state index contributed by atoms with van der Waals surface area (Å²) >= 11 is 6.26. The molecule has 1 aliphatic rings. The van der Waals surface area contributed by atoms with E-state index in [9.17, 15) is 0 Å². The summed E-state index contributed by atoms with van der Waals surface area (Å²) in [4.78, 5) is 2.33. The van der Waals surface area contributed by atoms with Crippen LogP contribution in [-0.4, -0.2) is 38.3 Å². The van der Waals surface area contributed by atoms with E-state index in [-0.39, 0.29) is 5.84 Å². The molecule has 1 aromatic rings. The first kappa shape index (κ1) is 14.1. The lowest BCUT2D eigenvalue weighted by molar-refractivity contribution is 0.259. The Hall–Kier alpha value is -1.27. The molecule has 0 saturated heterocycles. The van der Waals surface area contributed by atoms with Crippen LogP contribution in [-0.2, 0) is 13.6 Å². The number of amidine groups is 1. The molecule has 1 aliphatic carbocycles. The molecule has 1 heterocycles. The van der Waals surface area contributed by atoms with Gasteiger partial charge < -0.3 is 10.9 Å². The molecule has 1 fully saturated rings. The van der Waals surface area contributed by atoms with Crippen LogP contribution in [0.4, 0.5) is 0 Å². The van der Waals surface area contributed by atoms with E-state index in [1.54, 1.807) is 4.68 Å². The van der Waals surface area contributed by atoms with Crippen LogP contribution in [0.1, 0.15) is 30.5 Å². The maximum absolute atomic E-state index is 8.59. The standard InChI is InChI=1S/C12H20ClN5O/c1-8-10(12(13)17(2)15-8)7-18(9-3-4-9)6-5-11(14)16-19/h9,19H,3-7H2,1-2H3,(H2,14,16). The number of nitrogens with zero attached hydrogens (tertiary/aromatic N) is 4. The van der Waals surface area contributed by atoms with Crippen molar-refractivity contribution < 1.29 is 5.21 Å². The predicted octanol–water partition coefficient (Wildman–Crippen LogP) is 1.48. The van der Waals surface area contributed by atoms with Gasteiger partial charge in [-0.15, -0.1) is 0 Å². The van der Waals surface area contributed by atoms with Crippen LogP contribution in [0.5, 0.6) is 0 Å². The van der Waals surface area contributed by atoms with Crippen molar-refractivity contribution in [1.82, 2.24) is 14.7 Å². The molecule has 0 unspecified atom stereocenters. The number of aromatic nitrogens is 2. The fourth-order valence-corrected chi connectivity index (χ4v) is 2.43. The molecule has 6 nitrogen and oxygen atoms in total. The Morgan fingerprint density at radius 3 is 2.79 bits per heavy atom. The highest BCUT2D eigenvalue weighted by Gasteiger charge is 2.30. The van der Waals surface area contributed by atoms with Crippen molar-refractivity contribution >= 4 is 17.4 Å². The molecule has 0 aromatic carbocycles. The zero-order valence-electron chi connectivity index (χ0n) is 11.3. The van der Waals surface area contributed by atoms with Gasteiger partial charge in [0.1, 0.15) is 11.0 Å². The lowest BCUT2D eigenvalue weighted by Gasteiger charge is -2.21. The summed E-state index contributed by atoms with van der Waals surface area (Å²) in [6.07, 6.45) is 2.96. The van der Waals surface area contributed by atoms with E-state index in [4.69, 9.17) is 22.5 Å². The van der Waals surface area contributed by atoms with Crippen LogP contribution < -0.4 is 5.73 Å². The zero-order chi connectivity index (χ0) is 14.0. The third-order valence-corrected chi connectivity index (χ3v) is 3.95. The van der Waals surface area contributed by atoms with Gasteiger partial charge >= 0.3 is 0 Å². The van der Waals surface area contributed by atoms with Crippen molar-refractivity contribution in [2.24, 2.45) is 17.9 Å². The third-order valence-electron chi connectivity index (χ3n) is 3.48. The van der Waals surface area contributed by atoms with E-state index in [1.165, 1.54) is 12.8 Å². The predicted molar refractivity (Wildman–Crippen MR) is 74.4 cm³/mol. The molecule has 1 aromatic heterocycles. The summed E-state index contributed by atoms with van der Waals surface area (Å²) in [5, 5.41) is 16.6. The number of rotatable bonds is 6. The molecule has 0 aliphatic heterocycles. The average Bonchev–Trinajstić information content (AvgIpc) is 3.18. The van der Waals surface area contributed by atoms with Crippen molar-refractivity contribution in [3.63, 3.8) is 0 Å². The number of oxime groups is 1. The van der Waals surface area contributed by atoms with Crippen LogP contribution in [0, 0.1) is 6.92 Å². The number of halogens is 1. The summed E-state index contributed by atoms with van der Waals surface area (Å²) in [6.45, 7) is 3.50. The molecule has 7 heteroatoms. The van der Waals surface area contributed by atoms with Crippen molar-refractivity contribution in [2.45, 2.75) is 38.8 Å². The van der Waals surface area contributed by atoms with Crippen LogP contribution >= 0.6 is 11.6 Å². The van der Waals surface area contributed by atoms with Crippen LogP contribution in [0.15, 0.2) is 5.16 Å². The third kappa shape index (κ3) is 3.39. The first-order valence-electron chi connectivity index (χ1n) is 6.41. The van der Waals surface area contributed by atoms with Crippen molar-refractivity contribution in [2.75, 3.05) is 6.54 Å². The summed E-state index contributed by atoms with van der Waals surface area (Å²) < 4.78 is 1.70. The van der Waals surface area contributed by atoms with Gasteiger partial charge in [-0.05, 0) is 19.8 Å². The Bertz CT molecular complexity index is 481. The van der Waals surface area contributed by atoms with Crippen molar-refractivity contribution in [3.8, 4) is 0 Å². The second kappa shape index (κ2) is 5.79. The molecule has 0 amide bonds. The van der Waals surface area contributed by atoms with E-state index >= 15 is 0 Å². The van der Waals surface area contributed by atoms with Gasteiger partial charge in [0.25, 0.3) is 0 Å². The first-order chi connectivity index (χ1) is 9.02. The Labute approximate surface area is 117 Å². The smallest absolute Gasteiger partial charge is 0.140 e. The highest BCUT2D eigenvalue weighted by molar-refractivity contribution is 6.30. The van der Waals surface area contributed by atoms with Gasteiger partial charge in [-0.2, -0.15) is 5.10 Å². The minimum Gasteiger partial charge on any atom is -0.409 e. The second-order valence-corrected chi connectivity index (χ2v) is 5.38. The Morgan fingerprint density at radius 2 is 2.32 bits per heavy atom. The zero-order valence-corrected chi connectivity index (χ0v) is 12.1. The van der Waals surface area contributed by atoms with E-state index in [0.29, 0.717) is 17.6 Å². The molecule has 106 valence electrons. The average molecular weight is 286 g/mol. The Morgan fingerprint density at radius 1 is 1.63 bits per heavy atom. The second-order valence-electron chi connectivity index (χ2n) is 5.02. The SMILES string of the molecule is Cc1nn(C)c(Cl)c1CN(CCC(N)=NO)C1CC1. The quantitative estimate of drug-likeness (QED) is 0.359. The lowest BCUT2D eigenvalue weighted by atomic mass is 10.2. The van der Waals surface area contributed by atoms with Crippen LogP contribution in [0.3, 0.4) is 0 Å². The van der Waals surface area contributed by atoms with Gasteiger partial charge in [-0.3, -0.25) is 9.58 Å². The highest BCUT2D eigenvalue weighted by Crippen LogP contribution is 2.30. The van der Waals surface area contributed by atoms with E-state index in [1.807, 2.05) is 14.0 Å². The minimum atomic E-state index is 0.264. The number of aryl methyl sites for hydroxylation is 2. The molecule has 0 atom stereocenters. The van der Waals surface area contributed by atoms with Gasteiger partial charge in [0, 0.05) is 38.2 Å². The van der Waals surface area contributed by atoms with Crippen LogP contribution in [0.2, 0.25) is 5.15 Å². The molecular weight excluding hydrogens is 266 g/mol. The van der Waals surface area contributed by atoms with Gasteiger partial charge in [0.2, 0.25) is 0 Å². The highest BCUT2D eigenvalue weighted by atomic mass is 35.5. The molecule has 0 spiro atoms. The lowest BCUT2D eigenvalue weighted by Crippen LogP contribution is -2.30. The monoisotopic (exact) mass is 285 g/mol. The maximum Gasteiger partial charge on any atom is 0.140 e. The molecule has 0 radical (unpaired) electrons. The first-order valence-corrected chi connectivity index (χ1v) is 6.79. The fraction of sp³-hybridized carbons (Fsp3) is 0.667. The van der Waals surface area contributed by atoms with Crippen molar-refractivity contribution in [1.29, 1.82) is 0 Å². The number of hydrogen-bond donors (Lipinski definition) is 2. The van der Waals surface area contributed by atoms with Gasteiger partial charge in [-0.1, -0.05) is 16.8 Å². The summed E-state index contributed by atoms with van der Waals surface area (Å²) in [6, 6.07) is 0.585. The molecule has 1 saturated carbocycles. The van der Waals surface area contributed by atoms with E-state index < -0.39 is 0 Å². The molecule has 0 bridgehead atoms. The molecule has 19 heavy (non-hydrogen) atoms. The Kier molecular flexibility index (Phi) is 4.31. The molecule has 2 rings (SSSR count). The maximum atomic E-state index is 8.59. The van der Waals surface area contributed by atoms with Crippen molar-refractivity contribution in [3.05, 3.63) is 16.4 Å². The number of hydrogen-bond acceptors (Lipinski definition) is 4. The van der Waals surface area contributed by atoms with Crippen LogP contribution in [0.25, 0.3) is 0 Å². The van der Waals surface area contributed by atoms with Gasteiger partial charge in [0.05, 0.1) is 5.69 Å². The number of nitrogens with two attached hydrogens (primary N) is 1. The largest absolute Gasteiger partial charge is 0.409 e. The summed E-state index contributed by atoms with van der Waals surface area (Å²) in [5.74, 6) is 0.264. The van der Waals surface area contributed by atoms with Gasteiger partial charge in [0.15, 0.2) is 0 Å². The topological polar surface area (TPSA) is 79.7 Å².